The maximum absolute atomic E-state index is 12.4. The highest BCUT2D eigenvalue weighted by molar-refractivity contribution is 7.71. The zero-order valence-electron chi connectivity index (χ0n) is 13.5. The Morgan fingerprint density at radius 2 is 2.32 bits per heavy atom. The summed E-state index contributed by atoms with van der Waals surface area (Å²) in [5, 5.41) is 10.2. The van der Waals surface area contributed by atoms with E-state index in [-0.39, 0.29) is 18.5 Å². The van der Waals surface area contributed by atoms with Crippen molar-refractivity contribution >= 4 is 18.1 Å². The monoisotopic (exact) mass is 322 g/mol. The average Bonchev–Trinajstić information content (AvgIpc) is 3.18. The molecule has 2 fully saturated rings. The van der Waals surface area contributed by atoms with Crippen LogP contribution >= 0.6 is 12.2 Å². The molecule has 5 nitrogen and oxygen atoms in total. The maximum atomic E-state index is 12.4. The van der Waals surface area contributed by atoms with Crippen LogP contribution in [0.1, 0.15) is 51.8 Å². The van der Waals surface area contributed by atoms with Crippen LogP contribution in [-0.4, -0.2) is 26.7 Å². The molecule has 0 spiro atoms. The average molecular weight is 322 g/mol. The largest absolute Gasteiger partial charge is 0.352 e. The first-order valence-corrected chi connectivity index (χ1v) is 8.92. The number of fused-ring (bicyclic) bond motifs is 2. The molecular formula is C16H26N4OS. The first-order valence-electron chi connectivity index (χ1n) is 8.52. The van der Waals surface area contributed by atoms with Crippen molar-refractivity contribution in [3.05, 3.63) is 10.6 Å². The van der Waals surface area contributed by atoms with Crippen molar-refractivity contribution in [2.75, 3.05) is 0 Å². The third-order valence-corrected chi connectivity index (χ3v) is 5.75. The molecule has 6 heteroatoms. The van der Waals surface area contributed by atoms with Crippen LogP contribution in [0, 0.1) is 22.5 Å². The molecule has 4 unspecified atom stereocenters. The van der Waals surface area contributed by atoms with E-state index in [0.29, 0.717) is 10.7 Å². The van der Waals surface area contributed by atoms with Gasteiger partial charge in [0.1, 0.15) is 12.4 Å². The SMILES string of the molecule is CCCc1n[nH]c(=S)n1CC(=O)NC(C)C1CC2CCC1C2. The van der Waals surface area contributed by atoms with Crippen molar-refractivity contribution < 1.29 is 4.79 Å². The molecule has 3 rings (SSSR count). The summed E-state index contributed by atoms with van der Waals surface area (Å²) in [6.45, 7) is 4.53. The van der Waals surface area contributed by atoms with Gasteiger partial charge in [0.15, 0.2) is 4.77 Å². The number of nitrogens with zero attached hydrogens (tertiary/aromatic N) is 2. The molecule has 0 saturated heterocycles. The minimum atomic E-state index is 0.0464. The second-order valence-electron chi connectivity index (χ2n) is 6.98. The summed E-state index contributed by atoms with van der Waals surface area (Å²) < 4.78 is 2.35. The molecule has 4 atom stereocenters. The van der Waals surface area contributed by atoms with Gasteiger partial charge in [-0.2, -0.15) is 5.10 Å². The summed E-state index contributed by atoms with van der Waals surface area (Å²) in [7, 11) is 0. The van der Waals surface area contributed by atoms with E-state index in [9.17, 15) is 4.79 Å². The van der Waals surface area contributed by atoms with Crippen molar-refractivity contribution in [2.45, 2.75) is 65.0 Å². The Morgan fingerprint density at radius 1 is 1.50 bits per heavy atom. The van der Waals surface area contributed by atoms with Crippen LogP contribution in [0.4, 0.5) is 0 Å². The van der Waals surface area contributed by atoms with Crippen molar-refractivity contribution in [1.29, 1.82) is 0 Å². The first-order chi connectivity index (χ1) is 10.6. The van der Waals surface area contributed by atoms with E-state index in [1.807, 2.05) is 4.57 Å². The Kier molecular flexibility index (Phi) is 4.66. The second-order valence-corrected chi connectivity index (χ2v) is 7.36. The fraction of sp³-hybridized carbons (Fsp3) is 0.812. The summed E-state index contributed by atoms with van der Waals surface area (Å²) in [4.78, 5) is 12.4. The summed E-state index contributed by atoms with van der Waals surface area (Å²) in [5.41, 5.74) is 0. The zero-order chi connectivity index (χ0) is 15.7. The van der Waals surface area contributed by atoms with Gasteiger partial charge < -0.3 is 5.32 Å². The van der Waals surface area contributed by atoms with Crippen molar-refractivity contribution in [2.24, 2.45) is 17.8 Å². The Morgan fingerprint density at radius 3 is 2.95 bits per heavy atom. The quantitative estimate of drug-likeness (QED) is 0.792. The van der Waals surface area contributed by atoms with Crippen LogP contribution in [-0.2, 0) is 17.8 Å². The molecule has 22 heavy (non-hydrogen) atoms. The summed E-state index contributed by atoms with van der Waals surface area (Å²) in [5.74, 6) is 3.32. The Balaban J connectivity index is 1.58. The zero-order valence-corrected chi connectivity index (χ0v) is 14.3. The Labute approximate surface area is 136 Å². The standard InChI is InChI=1S/C16H26N4OS/c1-3-4-14-18-19-16(22)20(14)9-15(21)17-10(2)13-8-11-5-6-12(13)7-11/h10-13H,3-9H2,1-2H3,(H,17,21)(H,19,22). The number of aryl methyl sites for hydroxylation is 1. The minimum absolute atomic E-state index is 0.0464. The summed E-state index contributed by atoms with van der Waals surface area (Å²) in [6, 6.07) is 0.262. The third-order valence-electron chi connectivity index (χ3n) is 5.44. The molecule has 2 bridgehead atoms. The van der Waals surface area contributed by atoms with E-state index >= 15 is 0 Å². The third kappa shape index (κ3) is 3.12. The molecule has 2 N–H and O–H groups in total. The molecule has 0 aromatic carbocycles. The molecule has 1 heterocycles. The van der Waals surface area contributed by atoms with Crippen molar-refractivity contribution in [3.8, 4) is 0 Å². The number of amides is 1. The number of aromatic nitrogens is 3. The molecule has 1 amide bonds. The molecular weight excluding hydrogens is 296 g/mol. The molecule has 1 aromatic heterocycles. The highest BCUT2D eigenvalue weighted by Gasteiger charge is 2.42. The van der Waals surface area contributed by atoms with Crippen LogP contribution < -0.4 is 5.32 Å². The molecule has 2 saturated carbocycles. The highest BCUT2D eigenvalue weighted by Crippen LogP contribution is 2.49. The second kappa shape index (κ2) is 6.52. The van der Waals surface area contributed by atoms with Crippen molar-refractivity contribution in [1.82, 2.24) is 20.1 Å². The predicted octanol–water partition coefficient (Wildman–Crippen LogP) is 2.83. The van der Waals surface area contributed by atoms with Gasteiger partial charge in [-0.3, -0.25) is 14.5 Å². The number of nitrogens with one attached hydrogen (secondary N) is 2. The van der Waals surface area contributed by atoms with E-state index in [4.69, 9.17) is 12.2 Å². The minimum Gasteiger partial charge on any atom is -0.352 e. The summed E-state index contributed by atoms with van der Waals surface area (Å²) >= 11 is 5.23. The number of carbonyl (C=O) groups is 1. The Bertz CT molecular complexity index is 593. The van der Waals surface area contributed by atoms with Gasteiger partial charge in [0.05, 0.1) is 0 Å². The van der Waals surface area contributed by atoms with E-state index < -0.39 is 0 Å². The van der Waals surface area contributed by atoms with Gasteiger partial charge >= 0.3 is 0 Å². The lowest BCUT2D eigenvalue weighted by Crippen LogP contribution is -2.41. The smallest absolute Gasteiger partial charge is 0.240 e. The first kappa shape index (κ1) is 15.7. The normalized spacial score (nSPS) is 28.0. The van der Waals surface area contributed by atoms with E-state index in [0.717, 1.165) is 30.5 Å². The molecule has 2 aliphatic carbocycles. The lowest BCUT2D eigenvalue weighted by atomic mass is 9.84. The molecule has 1 aromatic rings. The van der Waals surface area contributed by atoms with Gasteiger partial charge in [-0.25, -0.2) is 0 Å². The van der Waals surface area contributed by atoms with E-state index in [1.54, 1.807) is 0 Å². The fourth-order valence-corrected chi connectivity index (χ4v) is 4.60. The van der Waals surface area contributed by atoms with Crippen LogP contribution in [0.5, 0.6) is 0 Å². The van der Waals surface area contributed by atoms with Gasteiger partial charge in [-0.15, -0.1) is 0 Å². The van der Waals surface area contributed by atoms with Crippen molar-refractivity contribution in [3.63, 3.8) is 0 Å². The molecule has 0 radical (unpaired) electrons. The molecule has 0 aliphatic heterocycles. The number of carbonyl (C=O) groups excluding carboxylic acids is 1. The van der Waals surface area contributed by atoms with Gasteiger partial charge in [0.2, 0.25) is 5.91 Å². The Hall–Kier alpha value is -1.17. The maximum Gasteiger partial charge on any atom is 0.240 e. The van der Waals surface area contributed by atoms with Crippen LogP contribution in [0.2, 0.25) is 0 Å². The number of H-pyrrole nitrogens is 1. The lowest BCUT2D eigenvalue weighted by Gasteiger charge is -2.28. The van der Waals surface area contributed by atoms with Gasteiger partial charge in [0, 0.05) is 12.5 Å². The molecule has 2 aliphatic rings. The van der Waals surface area contributed by atoms with Crippen LogP contribution in [0.25, 0.3) is 0 Å². The highest BCUT2D eigenvalue weighted by atomic mass is 32.1. The number of aromatic amines is 1. The van der Waals surface area contributed by atoms with Gasteiger partial charge in [0.25, 0.3) is 0 Å². The topological polar surface area (TPSA) is 62.7 Å². The number of rotatable bonds is 6. The lowest BCUT2D eigenvalue weighted by molar-refractivity contribution is -0.122. The van der Waals surface area contributed by atoms with Gasteiger partial charge in [-0.05, 0) is 62.6 Å². The van der Waals surface area contributed by atoms with E-state index in [1.165, 1.54) is 25.7 Å². The predicted molar refractivity (Wildman–Crippen MR) is 87.9 cm³/mol. The van der Waals surface area contributed by atoms with Crippen LogP contribution in [0.3, 0.4) is 0 Å². The molecule has 122 valence electrons. The fourth-order valence-electron chi connectivity index (χ4n) is 4.38. The number of hydrogen-bond donors (Lipinski definition) is 2. The summed E-state index contributed by atoms with van der Waals surface area (Å²) in [6.07, 6.45) is 7.23. The van der Waals surface area contributed by atoms with Gasteiger partial charge in [-0.1, -0.05) is 13.3 Å². The number of hydrogen-bond acceptors (Lipinski definition) is 3. The van der Waals surface area contributed by atoms with Crippen LogP contribution in [0.15, 0.2) is 0 Å². The van der Waals surface area contributed by atoms with E-state index in [2.05, 4.69) is 29.4 Å².